The third kappa shape index (κ3) is 8.14. The van der Waals surface area contributed by atoms with Crippen LogP contribution in [0, 0.1) is 0 Å². The maximum atomic E-state index is 10.6. The lowest BCUT2D eigenvalue weighted by atomic mass is 9.88. The predicted molar refractivity (Wildman–Crippen MR) is 167 cm³/mol. The summed E-state index contributed by atoms with van der Waals surface area (Å²) in [7, 11) is 0. The third-order valence-corrected chi connectivity index (χ3v) is 6.56. The summed E-state index contributed by atoms with van der Waals surface area (Å²) in [5.74, 6) is 4.05. The van der Waals surface area contributed by atoms with Crippen molar-refractivity contribution < 1.29 is 13.9 Å². The van der Waals surface area contributed by atoms with Crippen LogP contribution in [0.5, 0.6) is 5.75 Å². The van der Waals surface area contributed by atoms with E-state index in [1.54, 1.807) is 6.07 Å². The first-order chi connectivity index (χ1) is 17.7. The van der Waals surface area contributed by atoms with Crippen molar-refractivity contribution >= 4 is 24.3 Å². The van der Waals surface area contributed by atoms with Gasteiger partial charge in [-0.05, 0) is 112 Å². The Bertz CT molecular complexity index is 1310. The Morgan fingerprint density at radius 3 is 1.15 bits per heavy atom. The molecule has 0 saturated carbocycles. The molecule has 208 valence electrons. The minimum absolute atomic E-state index is 0.0925. The molecule has 0 aliphatic heterocycles. The smallest absolute Gasteiger partial charge is 0.335 e. The van der Waals surface area contributed by atoms with Crippen molar-refractivity contribution in [2.75, 3.05) is 0 Å². The van der Waals surface area contributed by atoms with Crippen LogP contribution in [0.1, 0.15) is 128 Å². The van der Waals surface area contributed by atoms with Gasteiger partial charge in [-0.15, -0.1) is 0 Å². The number of hydrogen-bond acceptors (Lipinski definition) is 1. The van der Waals surface area contributed by atoms with Gasteiger partial charge in [-0.2, -0.15) is 0 Å². The van der Waals surface area contributed by atoms with Gasteiger partial charge in [0.1, 0.15) is 5.75 Å². The second-order valence-electron chi connectivity index (χ2n) is 14.7. The lowest BCUT2D eigenvalue weighted by Gasteiger charge is -2.14. The standard InChI is InChI=1S/C36H47O3/c1-33(2,3)29-20-25(21-30(38-29)34(4,5)6)14-13-24-16-18-28(37)27(19-24)17-15-26-22-31(35(7,8)9)39-32(23-26)36(10,11)12/h13-23H,1-12H3/q+1/p+1. The molecule has 0 saturated heterocycles. The SMILES string of the molecule is CC(C)(C)c1cc(C=Cc2ccc(O)c(C=Cc3cc(C(C)(C)C)[o+]c(C(C)(C)C)c3)c2)cc(C(C)(C)C)[o+]1. The first kappa shape index (κ1) is 30.3. The van der Waals surface area contributed by atoms with Crippen molar-refractivity contribution in [1.82, 2.24) is 0 Å². The molecule has 1 N–H and O–H groups in total. The number of aromatic hydroxyl groups is 1. The van der Waals surface area contributed by atoms with E-state index in [1.165, 1.54) is 0 Å². The highest BCUT2D eigenvalue weighted by Gasteiger charge is 2.34. The normalized spacial score (nSPS) is 13.5. The molecule has 3 aromatic rings. The summed E-state index contributed by atoms with van der Waals surface area (Å²) in [5.41, 5.74) is 3.52. The summed E-state index contributed by atoms with van der Waals surface area (Å²) in [6.07, 6.45) is 8.22. The molecule has 0 unspecified atom stereocenters. The van der Waals surface area contributed by atoms with Crippen LogP contribution in [-0.4, -0.2) is 5.11 Å². The molecule has 0 bridgehead atoms. The highest BCUT2D eigenvalue weighted by Crippen LogP contribution is 2.33. The number of benzene rings is 1. The second-order valence-corrected chi connectivity index (χ2v) is 14.7. The van der Waals surface area contributed by atoms with Crippen LogP contribution < -0.4 is 0 Å². The van der Waals surface area contributed by atoms with Crippen molar-refractivity contribution in [1.29, 1.82) is 0 Å². The molecular weight excluding hydrogens is 480 g/mol. The van der Waals surface area contributed by atoms with Gasteiger partial charge in [-0.1, -0.05) is 30.4 Å². The molecule has 3 rings (SSSR count). The maximum absolute atomic E-state index is 10.6. The van der Waals surface area contributed by atoms with E-state index < -0.39 is 0 Å². The first-order valence-electron chi connectivity index (χ1n) is 13.9. The van der Waals surface area contributed by atoms with Gasteiger partial charge in [0, 0.05) is 29.8 Å². The topological polar surface area (TPSA) is 42.8 Å². The molecule has 1 aromatic carbocycles. The Morgan fingerprint density at radius 2 is 0.795 bits per heavy atom. The summed E-state index contributed by atoms with van der Waals surface area (Å²) in [5, 5.41) is 10.6. The molecule has 0 aliphatic carbocycles. The van der Waals surface area contributed by atoms with E-state index in [1.807, 2.05) is 24.3 Å². The Labute approximate surface area is 236 Å². The average Bonchev–Trinajstić information content (AvgIpc) is 2.80. The average molecular weight is 529 g/mol. The maximum Gasteiger partial charge on any atom is 0.335 e. The van der Waals surface area contributed by atoms with E-state index >= 15 is 0 Å². The van der Waals surface area contributed by atoms with Crippen molar-refractivity contribution in [2.45, 2.75) is 105 Å². The largest absolute Gasteiger partial charge is 0.507 e. The van der Waals surface area contributed by atoms with Gasteiger partial charge in [0.15, 0.2) is 0 Å². The predicted octanol–water partition coefficient (Wildman–Crippen LogP) is 10.7. The van der Waals surface area contributed by atoms with E-state index in [9.17, 15) is 5.11 Å². The van der Waals surface area contributed by atoms with E-state index in [0.717, 1.165) is 45.3 Å². The minimum Gasteiger partial charge on any atom is -0.507 e. The van der Waals surface area contributed by atoms with Crippen LogP contribution in [0.2, 0.25) is 0 Å². The van der Waals surface area contributed by atoms with E-state index in [-0.39, 0.29) is 27.4 Å². The molecule has 0 fully saturated rings. The molecule has 3 heteroatoms. The minimum atomic E-state index is -0.110. The molecule has 2 heterocycles. The molecule has 0 spiro atoms. The van der Waals surface area contributed by atoms with Gasteiger partial charge >= 0.3 is 23.0 Å². The fraction of sp³-hybridized carbons (Fsp3) is 0.444. The number of phenolic OH excluding ortho intramolecular Hbond substituents is 1. The van der Waals surface area contributed by atoms with Crippen molar-refractivity contribution in [3.05, 3.63) is 87.8 Å². The van der Waals surface area contributed by atoms with Crippen molar-refractivity contribution in [3.8, 4) is 5.75 Å². The third-order valence-electron chi connectivity index (χ3n) is 6.56. The van der Waals surface area contributed by atoms with Crippen LogP contribution in [0.3, 0.4) is 0 Å². The molecule has 0 aliphatic rings. The molecule has 0 radical (unpaired) electrons. The summed E-state index contributed by atoms with van der Waals surface area (Å²) < 4.78 is 12.6. The van der Waals surface area contributed by atoms with Gasteiger partial charge < -0.3 is 5.11 Å². The van der Waals surface area contributed by atoms with Gasteiger partial charge in [0.25, 0.3) is 0 Å². The highest BCUT2D eigenvalue weighted by atomic mass is 16.3. The highest BCUT2D eigenvalue weighted by molar-refractivity contribution is 5.76. The summed E-state index contributed by atoms with van der Waals surface area (Å²) in [6.45, 7) is 25.9. The summed E-state index contributed by atoms with van der Waals surface area (Å²) in [6, 6.07) is 14.1. The van der Waals surface area contributed by atoms with Crippen LogP contribution in [0.15, 0.2) is 51.3 Å². The van der Waals surface area contributed by atoms with Crippen LogP contribution in [0.4, 0.5) is 0 Å². The molecule has 3 nitrogen and oxygen atoms in total. The van der Waals surface area contributed by atoms with Gasteiger partial charge in [-0.3, -0.25) is 0 Å². The Hall–Kier alpha value is -3.20. The van der Waals surface area contributed by atoms with E-state index in [2.05, 4.69) is 120 Å². The lowest BCUT2D eigenvalue weighted by molar-refractivity contribution is 0.328. The Morgan fingerprint density at radius 1 is 0.462 bits per heavy atom. The van der Waals surface area contributed by atoms with Gasteiger partial charge in [0.05, 0.1) is 21.7 Å². The van der Waals surface area contributed by atoms with Gasteiger partial charge in [-0.25, -0.2) is 8.83 Å². The number of hydrogen-bond donors (Lipinski definition) is 1. The molecule has 2 aromatic heterocycles. The molecule has 0 atom stereocenters. The molecular formula is C36H48O3+2. The van der Waals surface area contributed by atoms with E-state index in [0.29, 0.717) is 0 Å². The monoisotopic (exact) mass is 528 g/mol. The fourth-order valence-electron chi connectivity index (χ4n) is 3.90. The zero-order valence-electron chi connectivity index (χ0n) is 26.1. The number of rotatable bonds is 4. The van der Waals surface area contributed by atoms with Gasteiger partial charge in [0.2, 0.25) is 0 Å². The van der Waals surface area contributed by atoms with Crippen molar-refractivity contribution in [3.63, 3.8) is 0 Å². The zero-order chi connectivity index (χ0) is 29.4. The first-order valence-corrected chi connectivity index (χ1v) is 13.9. The number of phenols is 1. The molecule has 39 heavy (non-hydrogen) atoms. The summed E-state index contributed by atoms with van der Waals surface area (Å²) >= 11 is 0. The Balaban J connectivity index is 1.98. The van der Waals surface area contributed by atoms with Crippen LogP contribution >= 0.6 is 0 Å². The Kier molecular flexibility index (Phi) is 8.37. The van der Waals surface area contributed by atoms with Crippen LogP contribution in [0.25, 0.3) is 24.3 Å². The second kappa shape index (κ2) is 10.8. The van der Waals surface area contributed by atoms with Crippen LogP contribution in [-0.2, 0) is 21.7 Å². The lowest BCUT2D eigenvalue weighted by Crippen LogP contribution is -2.16. The quantitative estimate of drug-likeness (QED) is 0.342. The fourth-order valence-corrected chi connectivity index (χ4v) is 3.90. The van der Waals surface area contributed by atoms with Crippen molar-refractivity contribution in [2.24, 2.45) is 0 Å². The summed E-state index contributed by atoms with van der Waals surface area (Å²) in [4.78, 5) is 0. The van der Waals surface area contributed by atoms with E-state index in [4.69, 9.17) is 8.83 Å². The zero-order valence-corrected chi connectivity index (χ0v) is 26.1. The molecule has 0 amide bonds.